The van der Waals surface area contributed by atoms with Crippen molar-refractivity contribution < 1.29 is 27.6 Å². The first kappa shape index (κ1) is 21.3. The Balaban J connectivity index is 2.33. The van der Waals surface area contributed by atoms with E-state index in [1.54, 1.807) is 0 Å². The van der Waals surface area contributed by atoms with Crippen molar-refractivity contribution in [1.82, 2.24) is 10.2 Å². The molecule has 0 spiro atoms. The van der Waals surface area contributed by atoms with Crippen LogP contribution in [0.15, 0.2) is 12.1 Å². The number of nitrogens with zero attached hydrogens (tertiary/aromatic N) is 1. The predicted molar refractivity (Wildman–Crippen MR) is 93.2 cm³/mol. The van der Waals surface area contributed by atoms with Gasteiger partial charge in [-0.3, -0.25) is 9.59 Å². The maximum Gasteiger partial charge on any atom is 0.417 e. The molecule has 0 saturated carbocycles. The second-order valence-corrected chi connectivity index (χ2v) is 6.66. The maximum atomic E-state index is 13.1. The van der Waals surface area contributed by atoms with Crippen LogP contribution in [0.5, 0.6) is 0 Å². The summed E-state index contributed by atoms with van der Waals surface area (Å²) >= 11 is 5.74. The molecule has 2 unspecified atom stereocenters. The van der Waals surface area contributed by atoms with Crippen LogP contribution in [-0.2, 0) is 25.9 Å². The Labute approximate surface area is 161 Å². The summed E-state index contributed by atoms with van der Waals surface area (Å²) in [5, 5.41) is -0.202. The van der Waals surface area contributed by atoms with Gasteiger partial charge in [0.2, 0.25) is 12.3 Å². The molecule has 2 amide bonds. The first-order valence-corrected chi connectivity index (χ1v) is 8.29. The lowest BCUT2D eigenvalue weighted by Gasteiger charge is -2.37. The molecule has 1 aliphatic heterocycles. The van der Waals surface area contributed by atoms with Crippen molar-refractivity contribution >= 4 is 45.9 Å². The highest BCUT2D eigenvalue weighted by Gasteiger charge is 2.45. The summed E-state index contributed by atoms with van der Waals surface area (Å²) in [4.78, 5) is 34.9. The number of benzene rings is 1. The fourth-order valence-electron chi connectivity index (χ4n) is 3.19. The molecule has 0 bridgehead atoms. The average molecular weight is 396 g/mol. The summed E-state index contributed by atoms with van der Waals surface area (Å²) < 4.78 is 39.4. The number of aldehydes is 1. The van der Waals surface area contributed by atoms with Crippen LogP contribution in [0, 0.1) is 0 Å². The first-order chi connectivity index (χ1) is 12.4. The topological polar surface area (TPSA) is 66.5 Å². The first-order valence-electron chi connectivity index (χ1n) is 7.91. The second-order valence-electron chi connectivity index (χ2n) is 6.25. The van der Waals surface area contributed by atoms with Crippen LogP contribution in [-0.4, -0.2) is 45.2 Å². The Bertz CT molecular complexity index is 774. The molecule has 140 valence electrons. The molecule has 1 aromatic rings. The van der Waals surface area contributed by atoms with Crippen LogP contribution in [0.4, 0.5) is 13.2 Å². The Hall–Kier alpha value is -1.96. The fourth-order valence-corrected chi connectivity index (χ4v) is 3.46. The molecule has 0 aromatic heterocycles. The van der Waals surface area contributed by atoms with Crippen molar-refractivity contribution in [2.45, 2.75) is 43.4 Å². The van der Waals surface area contributed by atoms with Gasteiger partial charge in [0.05, 0.1) is 38.4 Å². The monoisotopic (exact) mass is 396 g/mol. The number of nitrogens with one attached hydrogen (secondary N) is 1. The van der Waals surface area contributed by atoms with Gasteiger partial charge in [0.25, 0.3) is 0 Å². The molecule has 4 radical (unpaired) electrons. The zero-order chi connectivity index (χ0) is 20.6. The van der Waals surface area contributed by atoms with E-state index in [0.29, 0.717) is 12.7 Å². The normalized spacial score (nSPS) is 19.3. The third-order valence-electron chi connectivity index (χ3n) is 4.50. The number of hydrogen-bond donors (Lipinski definition) is 1. The van der Waals surface area contributed by atoms with Gasteiger partial charge in [-0.05, 0) is 41.9 Å². The van der Waals surface area contributed by atoms with E-state index in [1.165, 1.54) is 6.92 Å². The Morgan fingerprint density at radius 1 is 1.41 bits per heavy atom. The molecule has 2 rings (SSSR count). The van der Waals surface area contributed by atoms with E-state index in [0.717, 1.165) is 17.0 Å². The van der Waals surface area contributed by atoms with Crippen molar-refractivity contribution in [3.05, 3.63) is 33.8 Å². The van der Waals surface area contributed by atoms with Gasteiger partial charge in [-0.1, -0.05) is 11.6 Å². The minimum Gasteiger partial charge on any atom is -0.349 e. The van der Waals surface area contributed by atoms with E-state index < -0.39 is 40.1 Å². The lowest BCUT2D eigenvalue weighted by molar-refractivity contribution is -0.137. The minimum atomic E-state index is -4.67. The van der Waals surface area contributed by atoms with Gasteiger partial charge < -0.3 is 15.0 Å². The van der Waals surface area contributed by atoms with Crippen LogP contribution in [0.3, 0.4) is 0 Å². The predicted octanol–water partition coefficient (Wildman–Crippen LogP) is 1.80. The summed E-state index contributed by atoms with van der Waals surface area (Å²) in [6.07, 6.45) is -4.08. The molecule has 2 atom stereocenters. The fraction of sp³-hybridized carbons (Fsp3) is 0.438. The van der Waals surface area contributed by atoms with Crippen molar-refractivity contribution in [3.8, 4) is 0 Å². The van der Waals surface area contributed by atoms with Gasteiger partial charge in [0.15, 0.2) is 0 Å². The number of carbonyl (C=O) groups is 3. The number of hydrogen-bond acceptors (Lipinski definition) is 3. The van der Waals surface area contributed by atoms with Crippen molar-refractivity contribution in [2.24, 2.45) is 0 Å². The standard InChI is InChI=1S/C16H14B2ClF3N2O3/c1-8-10-4-12(16(20,21)22)13(19)5-11(10)15(17,18)24(8)14(27)3-2-9(6-25)23-7-26/h4-9H,2-3H2,1H3,(H,23,26). The molecule has 11 heteroatoms. The quantitative estimate of drug-likeness (QED) is 0.589. The average Bonchev–Trinajstić information content (AvgIpc) is 2.75. The minimum absolute atomic E-state index is 0.00865. The van der Waals surface area contributed by atoms with E-state index in [1.807, 2.05) is 0 Å². The van der Waals surface area contributed by atoms with Crippen LogP contribution < -0.4 is 5.32 Å². The van der Waals surface area contributed by atoms with Crippen LogP contribution in [0.2, 0.25) is 5.02 Å². The van der Waals surface area contributed by atoms with E-state index in [4.69, 9.17) is 27.3 Å². The van der Waals surface area contributed by atoms with Gasteiger partial charge in [0.1, 0.15) is 6.29 Å². The van der Waals surface area contributed by atoms with Crippen LogP contribution >= 0.6 is 11.6 Å². The smallest absolute Gasteiger partial charge is 0.349 e. The third-order valence-corrected chi connectivity index (χ3v) is 4.81. The van der Waals surface area contributed by atoms with E-state index in [-0.39, 0.29) is 24.0 Å². The van der Waals surface area contributed by atoms with Crippen molar-refractivity contribution in [3.63, 3.8) is 0 Å². The van der Waals surface area contributed by atoms with E-state index in [9.17, 15) is 27.6 Å². The summed E-state index contributed by atoms with van der Waals surface area (Å²) in [5.41, 5.74) is -0.793. The lowest BCUT2D eigenvalue weighted by atomic mass is 9.58. The molecule has 1 aromatic carbocycles. The van der Waals surface area contributed by atoms with Gasteiger partial charge in [0, 0.05) is 6.42 Å². The molecule has 1 N–H and O–H groups in total. The Morgan fingerprint density at radius 3 is 2.56 bits per heavy atom. The van der Waals surface area contributed by atoms with Gasteiger partial charge in [-0.2, -0.15) is 13.2 Å². The molecule has 0 fully saturated rings. The Morgan fingerprint density at radius 2 is 2.04 bits per heavy atom. The van der Waals surface area contributed by atoms with Crippen LogP contribution in [0.1, 0.15) is 42.5 Å². The summed E-state index contributed by atoms with van der Waals surface area (Å²) in [6.45, 7) is 1.49. The highest BCUT2D eigenvalue weighted by molar-refractivity contribution is 6.41. The summed E-state index contributed by atoms with van der Waals surface area (Å²) in [5.74, 6) is -0.576. The van der Waals surface area contributed by atoms with Gasteiger partial charge >= 0.3 is 6.18 Å². The molecular weight excluding hydrogens is 382 g/mol. The second kappa shape index (κ2) is 7.58. The molecule has 1 heterocycles. The van der Waals surface area contributed by atoms with E-state index >= 15 is 0 Å². The van der Waals surface area contributed by atoms with E-state index in [2.05, 4.69) is 5.32 Å². The summed E-state index contributed by atoms with van der Waals surface area (Å²) in [6, 6.07) is 0.148. The Kier molecular flexibility index (Phi) is 5.99. The highest BCUT2D eigenvalue weighted by atomic mass is 35.5. The van der Waals surface area contributed by atoms with Gasteiger partial charge in [-0.25, -0.2) is 0 Å². The molecule has 27 heavy (non-hydrogen) atoms. The number of amides is 2. The zero-order valence-electron chi connectivity index (χ0n) is 14.2. The maximum absolute atomic E-state index is 13.1. The molecule has 0 saturated heterocycles. The lowest BCUT2D eigenvalue weighted by Crippen LogP contribution is -2.47. The van der Waals surface area contributed by atoms with Crippen molar-refractivity contribution in [1.29, 1.82) is 0 Å². The number of halogens is 4. The highest BCUT2D eigenvalue weighted by Crippen LogP contribution is 2.47. The molecule has 1 aliphatic rings. The summed E-state index contributed by atoms with van der Waals surface area (Å²) in [7, 11) is 12.1. The number of fused-ring (bicyclic) bond motifs is 1. The third kappa shape index (κ3) is 4.00. The number of alkyl halides is 3. The van der Waals surface area contributed by atoms with Gasteiger partial charge in [-0.15, -0.1) is 0 Å². The SMILES string of the molecule is [B]C1([B])c2cc(Cl)c(C(F)(F)F)cc2C(C)N1C(=O)CCC(C=O)NC=O. The van der Waals surface area contributed by atoms with Crippen molar-refractivity contribution in [2.75, 3.05) is 0 Å². The molecule has 0 aliphatic carbocycles. The zero-order valence-corrected chi connectivity index (χ0v) is 15.0. The van der Waals surface area contributed by atoms with Crippen LogP contribution in [0.25, 0.3) is 0 Å². The largest absolute Gasteiger partial charge is 0.417 e. The molecular formula is C16H14B2ClF3N2O3. The number of rotatable bonds is 6. The molecule has 5 nitrogen and oxygen atoms in total. The number of carbonyl (C=O) groups excluding carboxylic acids is 3.